The standard InChI is InChI=1S/C16H25NO3/c1-13(18)6-7-14-8-10-15(11-9-14)20-12-4-5-16(19)17(2)3/h8-11,13,18H,4-7,12H2,1-3H3. The van der Waals surface area contributed by atoms with E-state index in [9.17, 15) is 9.90 Å². The minimum atomic E-state index is -0.264. The van der Waals surface area contributed by atoms with E-state index in [0.29, 0.717) is 13.0 Å². The van der Waals surface area contributed by atoms with Gasteiger partial charge in [0.1, 0.15) is 5.75 Å². The number of hydrogen-bond donors (Lipinski definition) is 1. The van der Waals surface area contributed by atoms with E-state index in [4.69, 9.17) is 4.74 Å². The molecule has 0 spiro atoms. The lowest BCUT2D eigenvalue weighted by molar-refractivity contribution is -0.128. The van der Waals surface area contributed by atoms with E-state index in [1.54, 1.807) is 25.9 Å². The van der Waals surface area contributed by atoms with Crippen molar-refractivity contribution >= 4 is 5.91 Å². The van der Waals surface area contributed by atoms with Gasteiger partial charge in [0.15, 0.2) is 0 Å². The van der Waals surface area contributed by atoms with Gasteiger partial charge in [-0.3, -0.25) is 4.79 Å². The molecule has 1 amide bonds. The van der Waals surface area contributed by atoms with Crippen molar-refractivity contribution in [3.8, 4) is 5.75 Å². The first-order valence-corrected chi connectivity index (χ1v) is 7.09. The molecule has 1 unspecified atom stereocenters. The van der Waals surface area contributed by atoms with Gasteiger partial charge in [-0.2, -0.15) is 0 Å². The Balaban J connectivity index is 2.26. The predicted molar refractivity (Wildman–Crippen MR) is 79.9 cm³/mol. The number of amides is 1. The Labute approximate surface area is 121 Å². The van der Waals surface area contributed by atoms with Crippen molar-refractivity contribution < 1.29 is 14.6 Å². The maximum absolute atomic E-state index is 11.4. The van der Waals surface area contributed by atoms with Crippen LogP contribution in [0.5, 0.6) is 5.75 Å². The van der Waals surface area contributed by atoms with Crippen LogP contribution in [0.4, 0.5) is 0 Å². The molecule has 0 bridgehead atoms. The van der Waals surface area contributed by atoms with E-state index in [1.807, 2.05) is 24.3 Å². The van der Waals surface area contributed by atoms with Crippen molar-refractivity contribution in [2.75, 3.05) is 20.7 Å². The third kappa shape index (κ3) is 6.57. The molecule has 1 aromatic rings. The first-order valence-electron chi connectivity index (χ1n) is 7.09. The second-order valence-corrected chi connectivity index (χ2v) is 5.27. The molecular weight excluding hydrogens is 254 g/mol. The van der Waals surface area contributed by atoms with Crippen LogP contribution in [0.15, 0.2) is 24.3 Å². The van der Waals surface area contributed by atoms with E-state index in [0.717, 1.165) is 25.0 Å². The molecule has 1 rings (SSSR count). The van der Waals surface area contributed by atoms with E-state index in [2.05, 4.69) is 0 Å². The predicted octanol–water partition coefficient (Wildman–Crippen LogP) is 2.25. The normalized spacial score (nSPS) is 12.0. The van der Waals surface area contributed by atoms with E-state index in [1.165, 1.54) is 5.56 Å². The Hall–Kier alpha value is -1.55. The summed E-state index contributed by atoms with van der Waals surface area (Å²) in [5, 5.41) is 9.24. The van der Waals surface area contributed by atoms with Crippen LogP contribution in [0.2, 0.25) is 0 Å². The average Bonchev–Trinajstić information content (AvgIpc) is 2.42. The minimum Gasteiger partial charge on any atom is -0.494 e. The Kier molecular flexibility index (Phi) is 7.09. The minimum absolute atomic E-state index is 0.127. The van der Waals surface area contributed by atoms with Gasteiger partial charge in [0.2, 0.25) is 5.91 Å². The summed E-state index contributed by atoms with van der Waals surface area (Å²) in [6, 6.07) is 7.90. The number of rotatable bonds is 8. The van der Waals surface area contributed by atoms with Crippen molar-refractivity contribution in [1.29, 1.82) is 0 Å². The van der Waals surface area contributed by atoms with Gasteiger partial charge in [-0.05, 0) is 43.9 Å². The molecular formula is C16H25NO3. The maximum atomic E-state index is 11.4. The number of aliphatic hydroxyl groups is 1. The lowest BCUT2D eigenvalue weighted by atomic mass is 10.1. The fourth-order valence-electron chi connectivity index (χ4n) is 1.76. The highest BCUT2D eigenvalue weighted by molar-refractivity contribution is 5.75. The Morgan fingerprint density at radius 1 is 1.30 bits per heavy atom. The van der Waals surface area contributed by atoms with Crippen LogP contribution in [-0.4, -0.2) is 42.7 Å². The topological polar surface area (TPSA) is 49.8 Å². The highest BCUT2D eigenvalue weighted by Crippen LogP contribution is 2.14. The number of aryl methyl sites for hydroxylation is 1. The van der Waals surface area contributed by atoms with Crippen LogP contribution in [0.3, 0.4) is 0 Å². The van der Waals surface area contributed by atoms with Gasteiger partial charge in [0, 0.05) is 20.5 Å². The van der Waals surface area contributed by atoms with E-state index in [-0.39, 0.29) is 12.0 Å². The highest BCUT2D eigenvalue weighted by atomic mass is 16.5. The van der Waals surface area contributed by atoms with Gasteiger partial charge in [-0.15, -0.1) is 0 Å². The molecule has 0 aliphatic carbocycles. The highest BCUT2D eigenvalue weighted by Gasteiger charge is 2.03. The molecule has 0 saturated heterocycles. The molecule has 0 fully saturated rings. The summed E-state index contributed by atoms with van der Waals surface area (Å²) in [5.41, 5.74) is 1.20. The molecule has 1 atom stereocenters. The number of ether oxygens (including phenoxy) is 1. The van der Waals surface area contributed by atoms with Gasteiger partial charge in [0.05, 0.1) is 12.7 Å². The second kappa shape index (κ2) is 8.59. The number of nitrogens with zero attached hydrogens (tertiary/aromatic N) is 1. The van der Waals surface area contributed by atoms with Gasteiger partial charge in [0.25, 0.3) is 0 Å². The Morgan fingerprint density at radius 3 is 2.50 bits per heavy atom. The quantitative estimate of drug-likeness (QED) is 0.743. The zero-order chi connectivity index (χ0) is 15.0. The van der Waals surface area contributed by atoms with Crippen molar-refractivity contribution in [2.45, 2.75) is 38.7 Å². The summed E-state index contributed by atoms with van der Waals surface area (Å²) < 4.78 is 5.60. The van der Waals surface area contributed by atoms with Gasteiger partial charge in [-0.1, -0.05) is 12.1 Å². The molecule has 20 heavy (non-hydrogen) atoms. The average molecular weight is 279 g/mol. The molecule has 0 aromatic heterocycles. The summed E-state index contributed by atoms with van der Waals surface area (Å²) in [6.45, 7) is 2.35. The van der Waals surface area contributed by atoms with Crippen LogP contribution >= 0.6 is 0 Å². The fourth-order valence-corrected chi connectivity index (χ4v) is 1.76. The van der Waals surface area contributed by atoms with Gasteiger partial charge in [-0.25, -0.2) is 0 Å². The number of hydrogen-bond acceptors (Lipinski definition) is 3. The molecule has 0 radical (unpaired) electrons. The van der Waals surface area contributed by atoms with Crippen molar-refractivity contribution in [3.05, 3.63) is 29.8 Å². The Morgan fingerprint density at radius 2 is 1.95 bits per heavy atom. The molecule has 0 aliphatic heterocycles. The maximum Gasteiger partial charge on any atom is 0.222 e. The second-order valence-electron chi connectivity index (χ2n) is 5.27. The molecule has 1 N–H and O–H groups in total. The van der Waals surface area contributed by atoms with Crippen LogP contribution in [0.1, 0.15) is 31.7 Å². The summed E-state index contributed by atoms with van der Waals surface area (Å²) in [5.74, 6) is 0.949. The largest absolute Gasteiger partial charge is 0.494 e. The first kappa shape index (κ1) is 16.5. The van der Waals surface area contributed by atoms with Crippen LogP contribution < -0.4 is 4.74 Å². The van der Waals surface area contributed by atoms with Crippen molar-refractivity contribution in [3.63, 3.8) is 0 Å². The summed E-state index contributed by atoms with van der Waals surface area (Å²) in [7, 11) is 3.52. The van der Waals surface area contributed by atoms with Crippen molar-refractivity contribution in [1.82, 2.24) is 4.90 Å². The number of aliphatic hydroxyl groups excluding tert-OH is 1. The lowest BCUT2D eigenvalue weighted by Gasteiger charge is -2.11. The molecule has 4 nitrogen and oxygen atoms in total. The smallest absolute Gasteiger partial charge is 0.222 e. The lowest BCUT2D eigenvalue weighted by Crippen LogP contribution is -2.21. The molecule has 0 saturated carbocycles. The summed E-state index contributed by atoms with van der Waals surface area (Å²) >= 11 is 0. The van der Waals surface area contributed by atoms with Crippen molar-refractivity contribution in [2.24, 2.45) is 0 Å². The Bertz CT molecular complexity index is 399. The van der Waals surface area contributed by atoms with Crippen LogP contribution in [0, 0.1) is 0 Å². The molecule has 1 aromatic carbocycles. The molecule has 0 heterocycles. The van der Waals surface area contributed by atoms with Gasteiger partial charge < -0.3 is 14.7 Å². The molecule has 4 heteroatoms. The fraction of sp³-hybridized carbons (Fsp3) is 0.562. The third-order valence-electron chi connectivity index (χ3n) is 3.08. The zero-order valence-electron chi connectivity index (χ0n) is 12.6. The van der Waals surface area contributed by atoms with Gasteiger partial charge >= 0.3 is 0 Å². The van der Waals surface area contributed by atoms with E-state index < -0.39 is 0 Å². The number of carbonyl (C=O) groups is 1. The number of carbonyl (C=O) groups excluding carboxylic acids is 1. The first-order chi connectivity index (χ1) is 9.49. The number of benzene rings is 1. The SMILES string of the molecule is CC(O)CCc1ccc(OCCCC(=O)N(C)C)cc1. The monoisotopic (exact) mass is 279 g/mol. The summed E-state index contributed by atoms with van der Waals surface area (Å²) in [6.07, 6.45) is 2.61. The zero-order valence-corrected chi connectivity index (χ0v) is 12.6. The molecule has 112 valence electrons. The van der Waals surface area contributed by atoms with Crippen LogP contribution in [0.25, 0.3) is 0 Å². The van der Waals surface area contributed by atoms with E-state index >= 15 is 0 Å². The van der Waals surface area contributed by atoms with Crippen LogP contribution in [-0.2, 0) is 11.2 Å². The summed E-state index contributed by atoms with van der Waals surface area (Å²) in [4.78, 5) is 13.0. The molecule has 0 aliphatic rings. The third-order valence-corrected chi connectivity index (χ3v) is 3.08.